The fourth-order valence-corrected chi connectivity index (χ4v) is 1.85. The number of benzene rings is 2. The zero-order valence-electron chi connectivity index (χ0n) is 9.98. The molecule has 2 aromatic rings. The second-order valence-corrected chi connectivity index (χ2v) is 4.05. The van der Waals surface area contributed by atoms with E-state index < -0.39 is 0 Å². The van der Waals surface area contributed by atoms with Crippen molar-refractivity contribution >= 4 is 0 Å². The Kier molecular flexibility index (Phi) is 3.43. The van der Waals surface area contributed by atoms with Crippen molar-refractivity contribution in [2.75, 3.05) is 7.11 Å². The van der Waals surface area contributed by atoms with Crippen LogP contribution in [0.4, 0.5) is 4.39 Å². The van der Waals surface area contributed by atoms with Crippen LogP contribution in [-0.2, 0) is 0 Å². The number of halogens is 1. The number of methoxy groups -OCH3 is 1. The number of hydrogen-bond acceptors (Lipinski definition) is 1. The highest BCUT2D eigenvalue weighted by Gasteiger charge is 2.09. The first-order chi connectivity index (χ1) is 8.20. The van der Waals surface area contributed by atoms with Crippen molar-refractivity contribution in [1.82, 2.24) is 0 Å². The van der Waals surface area contributed by atoms with Gasteiger partial charge >= 0.3 is 0 Å². The molecule has 2 rings (SSSR count). The minimum Gasteiger partial charge on any atom is -0.497 e. The Hall–Kier alpha value is -1.83. The van der Waals surface area contributed by atoms with E-state index in [9.17, 15) is 4.39 Å². The minimum absolute atomic E-state index is 0.202. The average Bonchev–Trinajstić information content (AvgIpc) is 2.39. The highest BCUT2D eigenvalue weighted by molar-refractivity contribution is 5.36. The van der Waals surface area contributed by atoms with E-state index in [1.54, 1.807) is 7.11 Å². The van der Waals surface area contributed by atoms with E-state index in [1.807, 2.05) is 30.3 Å². The number of rotatable bonds is 3. The topological polar surface area (TPSA) is 9.23 Å². The molecule has 0 bridgehead atoms. The quantitative estimate of drug-likeness (QED) is 0.774. The molecule has 0 aliphatic heterocycles. The molecule has 1 unspecified atom stereocenters. The van der Waals surface area contributed by atoms with E-state index in [1.165, 1.54) is 12.1 Å². The fourth-order valence-electron chi connectivity index (χ4n) is 1.85. The van der Waals surface area contributed by atoms with E-state index in [-0.39, 0.29) is 11.7 Å². The largest absolute Gasteiger partial charge is 0.497 e. The van der Waals surface area contributed by atoms with Gasteiger partial charge in [-0.25, -0.2) is 4.39 Å². The summed E-state index contributed by atoms with van der Waals surface area (Å²) in [5.41, 5.74) is 2.26. The van der Waals surface area contributed by atoms with Crippen molar-refractivity contribution in [3.8, 4) is 5.75 Å². The maximum Gasteiger partial charge on any atom is 0.123 e. The summed E-state index contributed by atoms with van der Waals surface area (Å²) in [6, 6.07) is 14.6. The maximum atomic E-state index is 12.9. The van der Waals surface area contributed by atoms with E-state index in [0.29, 0.717) is 0 Å². The van der Waals surface area contributed by atoms with E-state index in [2.05, 4.69) is 13.0 Å². The molecule has 0 aliphatic carbocycles. The molecule has 17 heavy (non-hydrogen) atoms. The first-order valence-electron chi connectivity index (χ1n) is 5.60. The Balaban J connectivity index is 2.29. The average molecular weight is 230 g/mol. The van der Waals surface area contributed by atoms with Gasteiger partial charge in [0, 0.05) is 5.92 Å². The van der Waals surface area contributed by atoms with Crippen LogP contribution in [-0.4, -0.2) is 7.11 Å². The molecule has 0 amide bonds. The molecular formula is C15H15FO. The molecule has 0 aromatic heterocycles. The van der Waals surface area contributed by atoms with Gasteiger partial charge in [0.15, 0.2) is 0 Å². The Morgan fingerprint density at radius 3 is 2.35 bits per heavy atom. The van der Waals surface area contributed by atoms with Gasteiger partial charge in [-0.15, -0.1) is 0 Å². The third kappa shape index (κ3) is 2.64. The summed E-state index contributed by atoms with van der Waals surface area (Å²) >= 11 is 0. The molecule has 0 fully saturated rings. The smallest absolute Gasteiger partial charge is 0.123 e. The van der Waals surface area contributed by atoms with Crippen molar-refractivity contribution in [1.29, 1.82) is 0 Å². The first kappa shape index (κ1) is 11.6. The van der Waals surface area contributed by atoms with Crippen molar-refractivity contribution in [2.24, 2.45) is 0 Å². The minimum atomic E-state index is -0.202. The number of ether oxygens (including phenoxy) is 1. The molecule has 2 aromatic carbocycles. The standard InChI is InChI=1S/C15H15FO/c1-11(12-6-8-14(16)9-7-12)13-4-3-5-15(10-13)17-2/h3-11H,1-2H3. The van der Waals surface area contributed by atoms with E-state index >= 15 is 0 Å². The van der Waals surface area contributed by atoms with Gasteiger partial charge in [-0.2, -0.15) is 0 Å². The number of hydrogen-bond donors (Lipinski definition) is 0. The van der Waals surface area contributed by atoms with Gasteiger partial charge in [0.1, 0.15) is 11.6 Å². The van der Waals surface area contributed by atoms with Crippen LogP contribution in [0.1, 0.15) is 24.0 Å². The lowest BCUT2D eigenvalue weighted by atomic mass is 9.93. The third-order valence-electron chi connectivity index (χ3n) is 2.96. The summed E-state index contributed by atoms with van der Waals surface area (Å²) in [5, 5.41) is 0. The molecule has 0 saturated heterocycles. The predicted octanol–water partition coefficient (Wildman–Crippen LogP) is 3.99. The zero-order valence-corrected chi connectivity index (χ0v) is 9.98. The summed E-state index contributed by atoms with van der Waals surface area (Å²) in [6.07, 6.45) is 0. The van der Waals surface area contributed by atoms with Crippen molar-refractivity contribution in [3.05, 3.63) is 65.5 Å². The van der Waals surface area contributed by atoms with Gasteiger partial charge in [-0.3, -0.25) is 0 Å². The molecule has 0 aliphatic rings. The van der Waals surface area contributed by atoms with Crippen LogP contribution in [0.15, 0.2) is 48.5 Å². The molecular weight excluding hydrogens is 215 g/mol. The molecule has 0 radical (unpaired) electrons. The summed E-state index contributed by atoms with van der Waals surface area (Å²) in [5.74, 6) is 0.869. The van der Waals surface area contributed by atoms with Crippen molar-refractivity contribution < 1.29 is 9.13 Å². The molecule has 2 heteroatoms. The van der Waals surface area contributed by atoms with Crippen molar-refractivity contribution in [2.45, 2.75) is 12.8 Å². The predicted molar refractivity (Wildman–Crippen MR) is 66.9 cm³/mol. The third-order valence-corrected chi connectivity index (χ3v) is 2.96. The van der Waals surface area contributed by atoms with Gasteiger partial charge in [-0.1, -0.05) is 31.2 Å². The molecule has 1 atom stereocenters. The van der Waals surface area contributed by atoms with Gasteiger partial charge in [-0.05, 0) is 35.4 Å². The van der Waals surface area contributed by atoms with Gasteiger partial charge in [0.05, 0.1) is 7.11 Å². The van der Waals surface area contributed by atoms with Crippen LogP contribution in [0.3, 0.4) is 0 Å². The van der Waals surface area contributed by atoms with Gasteiger partial charge in [0.25, 0.3) is 0 Å². The lowest BCUT2D eigenvalue weighted by Gasteiger charge is -2.13. The summed E-state index contributed by atoms with van der Waals surface area (Å²) in [6.45, 7) is 2.10. The van der Waals surface area contributed by atoms with Crippen LogP contribution in [0.5, 0.6) is 5.75 Å². The summed E-state index contributed by atoms with van der Waals surface area (Å²) in [7, 11) is 1.65. The molecule has 0 spiro atoms. The molecule has 88 valence electrons. The van der Waals surface area contributed by atoms with E-state index in [0.717, 1.165) is 16.9 Å². The second kappa shape index (κ2) is 5.00. The van der Waals surface area contributed by atoms with Gasteiger partial charge < -0.3 is 4.74 Å². The monoisotopic (exact) mass is 230 g/mol. The molecule has 1 nitrogen and oxygen atoms in total. The second-order valence-electron chi connectivity index (χ2n) is 4.05. The lowest BCUT2D eigenvalue weighted by molar-refractivity contribution is 0.414. The molecule has 0 saturated carbocycles. The van der Waals surface area contributed by atoms with Crippen LogP contribution < -0.4 is 4.74 Å². The fraction of sp³-hybridized carbons (Fsp3) is 0.200. The molecule has 0 heterocycles. The highest BCUT2D eigenvalue weighted by atomic mass is 19.1. The first-order valence-corrected chi connectivity index (χ1v) is 5.60. The Labute approximate surface area is 101 Å². The highest BCUT2D eigenvalue weighted by Crippen LogP contribution is 2.26. The Morgan fingerprint density at radius 1 is 1.00 bits per heavy atom. The van der Waals surface area contributed by atoms with Crippen LogP contribution in [0.2, 0.25) is 0 Å². The van der Waals surface area contributed by atoms with Crippen LogP contribution >= 0.6 is 0 Å². The van der Waals surface area contributed by atoms with Gasteiger partial charge in [0.2, 0.25) is 0 Å². The zero-order chi connectivity index (χ0) is 12.3. The Morgan fingerprint density at radius 2 is 1.71 bits per heavy atom. The summed E-state index contributed by atoms with van der Waals surface area (Å²) < 4.78 is 18.1. The van der Waals surface area contributed by atoms with Crippen LogP contribution in [0, 0.1) is 5.82 Å². The summed E-state index contributed by atoms with van der Waals surface area (Å²) in [4.78, 5) is 0. The van der Waals surface area contributed by atoms with E-state index in [4.69, 9.17) is 4.74 Å². The van der Waals surface area contributed by atoms with Crippen LogP contribution in [0.25, 0.3) is 0 Å². The normalized spacial score (nSPS) is 12.2. The Bertz CT molecular complexity index is 491. The molecule has 0 N–H and O–H groups in total. The van der Waals surface area contributed by atoms with Crippen molar-refractivity contribution in [3.63, 3.8) is 0 Å². The SMILES string of the molecule is COc1cccc(C(C)c2ccc(F)cc2)c1. The lowest BCUT2D eigenvalue weighted by Crippen LogP contribution is -1.96. The maximum absolute atomic E-state index is 12.9.